The van der Waals surface area contributed by atoms with Crippen molar-refractivity contribution in [1.29, 1.82) is 0 Å². The van der Waals surface area contributed by atoms with Crippen molar-refractivity contribution in [3.8, 4) is 0 Å². The van der Waals surface area contributed by atoms with Crippen LogP contribution >= 0.6 is 35.0 Å². The third kappa shape index (κ3) is 8.94. The van der Waals surface area contributed by atoms with E-state index in [1.807, 2.05) is 36.5 Å². The number of nitrogens with one attached hydrogen (secondary N) is 4. The molecule has 260 valence electrons. The lowest BCUT2D eigenvalue weighted by molar-refractivity contribution is -0.142. The first-order valence-corrected chi connectivity index (χ1v) is 17.8. The molecule has 2 aromatic heterocycles. The first-order valence-electron chi connectivity index (χ1n) is 16.2. The number of hydrogen-bond acceptors (Lipinski definition) is 8. The van der Waals surface area contributed by atoms with Gasteiger partial charge in [-0.3, -0.25) is 19.7 Å². The highest BCUT2D eigenvalue weighted by Crippen LogP contribution is 2.38. The van der Waals surface area contributed by atoms with E-state index in [1.165, 1.54) is 23.6 Å². The summed E-state index contributed by atoms with van der Waals surface area (Å²) in [6, 6.07) is 11.8. The molecule has 0 aliphatic carbocycles. The summed E-state index contributed by atoms with van der Waals surface area (Å²) in [6.07, 6.45) is 4.12. The number of aliphatic hydroxyl groups is 1. The van der Waals surface area contributed by atoms with E-state index in [2.05, 4.69) is 25.9 Å². The molecule has 5 rings (SSSR count). The van der Waals surface area contributed by atoms with Crippen molar-refractivity contribution in [2.75, 3.05) is 13.6 Å². The van der Waals surface area contributed by atoms with E-state index in [0.29, 0.717) is 51.3 Å². The lowest BCUT2D eigenvalue weighted by Crippen LogP contribution is -2.58. The molecule has 14 heteroatoms. The largest absolute Gasteiger partial charge is 0.391 e. The number of nitrogens with two attached hydrogens (primary N) is 1. The zero-order valence-corrected chi connectivity index (χ0v) is 29.7. The van der Waals surface area contributed by atoms with E-state index in [9.17, 15) is 19.5 Å². The zero-order valence-electron chi connectivity index (χ0n) is 27.3. The number of aromatic nitrogens is 2. The van der Waals surface area contributed by atoms with Gasteiger partial charge in [0.2, 0.25) is 17.7 Å². The Hall–Kier alpha value is -3.65. The van der Waals surface area contributed by atoms with Gasteiger partial charge in [0.05, 0.1) is 11.1 Å². The second-order valence-electron chi connectivity index (χ2n) is 12.1. The Kier molecular flexibility index (Phi) is 12.6. The highest BCUT2D eigenvalue weighted by atomic mass is 35.5. The molecular weight excluding hydrogens is 685 g/mol. The topological polar surface area (TPSA) is 165 Å². The first kappa shape index (κ1) is 36.6. The summed E-state index contributed by atoms with van der Waals surface area (Å²) in [6.45, 7) is 2.20. The predicted molar refractivity (Wildman–Crippen MR) is 192 cm³/mol. The van der Waals surface area contributed by atoms with Crippen LogP contribution in [0.15, 0.2) is 70.8 Å². The van der Waals surface area contributed by atoms with Crippen LogP contribution in [0.4, 0.5) is 0 Å². The standard InChI is InChI=1S/C35H41Cl2N7O4S/c1-20(45)30-33(47)43-28(11-5-6-12-38)35(48)44(2)29(15-22-18-40-27-10-4-3-9-25(22)27)32(46)42-19-23-14-24(36)16-26(37)31(23)49-34-21(17-41-30)8-7-13-39-34/h3-4,7-10,13-14,16,18,20,28-30,40-41,45H,5-6,11-12,15,17,19,38H2,1-2H3,(H,42,46)(H,43,47)/t20-,28-,29-,30-/m0/s1. The van der Waals surface area contributed by atoms with Crippen molar-refractivity contribution in [3.05, 3.63) is 87.7 Å². The summed E-state index contributed by atoms with van der Waals surface area (Å²) in [5.41, 5.74) is 8.94. The van der Waals surface area contributed by atoms with Gasteiger partial charge in [-0.05, 0) is 73.7 Å². The van der Waals surface area contributed by atoms with Crippen molar-refractivity contribution in [1.82, 2.24) is 30.8 Å². The molecule has 1 aliphatic rings. The molecule has 0 saturated heterocycles. The molecule has 11 nitrogen and oxygen atoms in total. The van der Waals surface area contributed by atoms with E-state index in [-0.39, 0.29) is 19.5 Å². The van der Waals surface area contributed by atoms with Crippen LogP contribution < -0.4 is 21.7 Å². The number of benzene rings is 2. The summed E-state index contributed by atoms with van der Waals surface area (Å²) in [7, 11) is 1.57. The molecule has 0 spiro atoms. The zero-order chi connectivity index (χ0) is 35.1. The molecule has 0 radical (unpaired) electrons. The molecule has 3 amide bonds. The Morgan fingerprint density at radius 2 is 1.86 bits per heavy atom. The number of hydrogen-bond donors (Lipinski definition) is 6. The van der Waals surface area contributed by atoms with E-state index in [0.717, 1.165) is 22.0 Å². The predicted octanol–water partition coefficient (Wildman–Crippen LogP) is 4.17. The maximum atomic E-state index is 14.3. The number of fused-ring (bicyclic) bond motifs is 3. The normalized spacial score (nSPS) is 20.2. The number of nitrogens with zero attached hydrogens (tertiary/aromatic N) is 2. The summed E-state index contributed by atoms with van der Waals surface area (Å²) in [5.74, 6) is -1.38. The third-order valence-electron chi connectivity index (χ3n) is 8.63. The third-order valence-corrected chi connectivity index (χ3v) is 10.5. The van der Waals surface area contributed by atoms with E-state index < -0.39 is 42.0 Å². The Balaban J connectivity index is 1.58. The second kappa shape index (κ2) is 16.8. The molecule has 0 bridgehead atoms. The minimum atomic E-state index is -1.09. The summed E-state index contributed by atoms with van der Waals surface area (Å²) in [5, 5.41) is 22.1. The van der Waals surface area contributed by atoms with Crippen LogP contribution in [0, 0.1) is 0 Å². The number of likely N-dealkylation sites (N-methyl/N-ethyl adjacent to an activating group) is 1. The number of rotatable bonds is 7. The van der Waals surface area contributed by atoms with Crippen molar-refractivity contribution in [3.63, 3.8) is 0 Å². The Labute approximate surface area is 299 Å². The molecule has 0 fully saturated rings. The van der Waals surface area contributed by atoms with Crippen molar-refractivity contribution < 1.29 is 19.5 Å². The van der Waals surface area contributed by atoms with E-state index >= 15 is 0 Å². The smallest absolute Gasteiger partial charge is 0.245 e. The van der Waals surface area contributed by atoms with Gasteiger partial charge in [0.25, 0.3) is 0 Å². The lowest BCUT2D eigenvalue weighted by Gasteiger charge is -2.32. The van der Waals surface area contributed by atoms with E-state index in [4.69, 9.17) is 28.9 Å². The van der Waals surface area contributed by atoms with Gasteiger partial charge in [-0.15, -0.1) is 0 Å². The number of unbranched alkanes of at least 4 members (excludes halogenated alkanes) is 1. The molecule has 1 aliphatic heterocycles. The number of halogens is 2. The van der Waals surface area contributed by atoms with Gasteiger partial charge in [0.1, 0.15) is 23.2 Å². The van der Waals surface area contributed by atoms with Gasteiger partial charge < -0.3 is 31.4 Å². The second-order valence-corrected chi connectivity index (χ2v) is 14.0. The van der Waals surface area contributed by atoms with Crippen LogP contribution in [-0.2, 0) is 33.9 Å². The highest BCUT2D eigenvalue weighted by Gasteiger charge is 2.35. The molecule has 3 heterocycles. The number of aromatic amines is 1. The number of carbonyl (C=O) groups excluding carboxylic acids is 3. The molecule has 4 atom stereocenters. The van der Waals surface area contributed by atoms with Crippen LogP contribution in [0.5, 0.6) is 0 Å². The van der Waals surface area contributed by atoms with Crippen molar-refractivity contribution in [2.45, 2.75) is 79.8 Å². The number of H-pyrrole nitrogens is 1. The van der Waals surface area contributed by atoms with Gasteiger partial charge >= 0.3 is 0 Å². The van der Waals surface area contributed by atoms with Crippen molar-refractivity contribution >= 4 is 63.6 Å². The number of pyridine rings is 1. The fourth-order valence-electron chi connectivity index (χ4n) is 5.93. The summed E-state index contributed by atoms with van der Waals surface area (Å²) >= 11 is 14.5. The number of carbonyl (C=O) groups is 3. The quantitative estimate of drug-likeness (QED) is 0.155. The summed E-state index contributed by atoms with van der Waals surface area (Å²) < 4.78 is 0. The van der Waals surface area contributed by atoms with Gasteiger partial charge in [0.15, 0.2) is 0 Å². The fourth-order valence-corrected chi connectivity index (χ4v) is 7.58. The van der Waals surface area contributed by atoms with Crippen LogP contribution in [0.3, 0.4) is 0 Å². The Morgan fingerprint density at radius 1 is 1.06 bits per heavy atom. The maximum Gasteiger partial charge on any atom is 0.245 e. The van der Waals surface area contributed by atoms with Crippen LogP contribution in [-0.4, -0.2) is 75.5 Å². The van der Waals surface area contributed by atoms with Gasteiger partial charge in [-0.25, -0.2) is 4.98 Å². The molecule has 0 unspecified atom stereocenters. The van der Waals surface area contributed by atoms with Crippen molar-refractivity contribution in [2.24, 2.45) is 5.73 Å². The van der Waals surface area contributed by atoms with Crippen LogP contribution in [0.25, 0.3) is 10.9 Å². The molecular formula is C35H41Cl2N7O4S. The minimum absolute atomic E-state index is 0.0784. The lowest BCUT2D eigenvalue weighted by atomic mass is 10.0. The minimum Gasteiger partial charge on any atom is -0.391 e. The van der Waals surface area contributed by atoms with Crippen LogP contribution in [0.2, 0.25) is 10.0 Å². The van der Waals surface area contributed by atoms with Gasteiger partial charge in [0, 0.05) is 59.8 Å². The monoisotopic (exact) mass is 725 g/mol. The number of amides is 3. The Bertz CT molecular complexity index is 1800. The van der Waals surface area contributed by atoms with Gasteiger partial charge in [-0.2, -0.15) is 0 Å². The SMILES string of the molecule is C[C@H](O)[C@@H]1NCc2cccnc2Sc2c(Cl)cc(Cl)cc2CNC(=O)[C@H](Cc2c[nH]c3ccccc23)N(C)C(=O)[C@H](CCCCN)NC1=O. The van der Waals surface area contributed by atoms with Gasteiger partial charge in [-0.1, -0.05) is 59.2 Å². The fraction of sp³-hybridized carbons (Fsp3) is 0.371. The molecule has 49 heavy (non-hydrogen) atoms. The average molecular weight is 727 g/mol. The Morgan fingerprint density at radius 3 is 2.63 bits per heavy atom. The van der Waals surface area contributed by atoms with Crippen LogP contribution in [0.1, 0.15) is 42.9 Å². The number of para-hydroxylation sites is 1. The molecule has 0 saturated carbocycles. The molecule has 7 N–H and O–H groups in total. The summed E-state index contributed by atoms with van der Waals surface area (Å²) in [4.78, 5) is 52.1. The maximum absolute atomic E-state index is 14.3. The average Bonchev–Trinajstić information content (AvgIpc) is 3.49. The number of aliphatic hydroxyl groups excluding tert-OH is 1. The highest BCUT2D eigenvalue weighted by molar-refractivity contribution is 7.99. The molecule has 2 aromatic carbocycles. The first-order chi connectivity index (χ1) is 23.6. The molecule has 4 aromatic rings. The van der Waals surface area contributed by atoms with E-state index in [1.54, 1.807) is 31.4 Å².